The molecule has 2 heterocycles. The number of fused-ring (bicyclic) bond motifs is 1. The Hall–Kier alpha value is -1.89. The smallest absolute Gasteiger partial charge is 0.545 e. The fourth-order valence-electron chi connectivity index (χ4n) is 2.47. The van der Waals surface area contributed by atoms with Gasteiger partial charge in [0.2, 0.25) is 0 Å². The Labute approximate surface area is 155 Å². The van der Waals surface area contributed by atoms with Gasteiger partial charge in [0.15, 0.2) is 0 Å². The molecule has 0 bridgehead atoms. The number of aromatic carboxylic acids is 1. The topological polar surface area (TPSA) is 80.1 Å². The van der Waals surface area contributed by atoms with Gasteiger partial charge in [-0.2, -0.15) is 0 Å². The maximum atomic E-state index is 10.9. The van der Waals surface area contributed by atoms with Crippen LogP contribution in [0.15, 0.2) is 36.7 Å². The summed E-state index contributed by atoms with van der Waals surface area (Å²) in [6.45, 7) is 2.45. The molecule has 1 aromatic carbocycles. The van der Waals surface area contributed by atoms with E-state index in [2.05, 4.69) is 9.97 Å². The average Bonchev–Trinajstić information content (AvgIpc) is 2.83. The maximum Gasteiger partial charge on any atom is 1.00 e. The minimum atomic E-state index is -1.22. The third-order valence-corrected chi connectivity index (χ3v) is 3.59. The molecule has 0 aliphatic heterocycles. The predicted molar refractivity (Wildman–Crippen MR) is 78.7 cm³/mol. The Balaban J connectivity index is 0.00000192. The van der Waals surface area contributed by atoms with Gasteiger partial charge < -0.3 is 19.2 Å². The van der Waals surface area contributed by atoms with Crippen molar-refractivity contribution in [1.82, 2.24) is 14.5 Å². The van der Waals surface area contributed by atoms with E-state index >= 15 is 0 Å². The Kier molecular flexibility index (Phi) is 5.41. The summed E-state index contributed by atoms with van der Waals surface area (Å²) in [5.74, 6) is 0.145. The van der Waals surface area contributed by atoms with Crippen molar-refractivity contribution in [2.24, 2.45) is 0 Å². The first kappa shape index (κ1) is 17.5. The number of hydrogen-bond acceptors (Lipinski definition) is 5. The standard InChI is InChI=1S/C16H15N3O3.Na/c1-10-18-13-8-17-6-5-14(13)19(10)9-12-4-3-11(16(20)21)7-15(12)22-2;/h3-8H,9H2,1-2H3,(H,20,21);/q;+1/p-1. The fourth-order valence-corrected chi connectivity index (χ4v) is 2.47. The summed E-state index contributed by atoms with van der Waals surface area (Å²) < 4.78 is 7.33. The number of carboxylic acid groups (broad SMARTS) is 1. The van der Waals surface area contributed by atoms with Crippen molar-refractivity contribution in [1.29, 1.82) is 0 Å². The number of carboxylic acids is 1. The number of ether oxygens (including phenoxy) is 1. The van der Waals surface area contributed by atoms with E-state index in [0.717, 1.165) is 22.4 Å². The normalized spacial score (nSPS) is 10.3. The van der Waals surface area contributed by atoms with E-state index in [0.29, 0.717) is 12.3 Å². The summed E-state index contributed by atoms with van der Waals surface area (Å²) in [6.07, 6.45) is 3.44. The van der Waals surface area contributed by atoms with Gasteiger partial charge in [-0.3, -0.25) is 4.98 Å². The number of rotatable bonds is 4. The zero-order valence-corrected chi connectivity index (χ0v) is 15.2. The van der Waals surface area contributed by atoms with Crippen LogP contribution in [0.4, 0.5) is 0 Å². The quantitative estimate of drug-likeness (QED) is 0.528. The van der Waals surface area contributed by atoms with Crippen LogP contribution in [0.5, 0.6) is 5.75 Å². The monoisotopic (exact) mass is 319 g/mol. The summed E-state index contributed by atoms with van der Waals surface area (Å²) in [4.78, 5) is 19.5. The molecule has 0 atom stereocenters. The number of methoxy groups -OCH3 is 1. The van der Waals surface area contributed by atoms with Crippen molar-refractivity contribution in [3.63, 3.8) is 0 Å². The molecule has 6 nitrogen and oxygen atoms in total. The molecule has 0 N–H and O–H groups in total. The molecule has 0 saturated heterocycles. The van der Waals surface area contributed by atoms with Crippen LogP contribution in [0.25, 0.3) is 11.0 Å². The van der Waals surface area contributed by atoms with E-state index < -0.39 is 5.97 Å². The second-order valence-corrected chi connectivity index (χ2v) is 4.92. The first-order valence-corrected chi connectivity index (χ1v) is 6.75. The minimum Gasteiger partial charge on any atom is -0.545 e. The zero-order valence-electron chi connectivity index (χ0n) is 13.2. The number of benzene rings is 1. The molecule has 0 amide bonds. The van der Waals surface area contributed by atoms with Crippen molar-refractivity contribution in [2.75, 3.05) is 7.11 Å². The number of aromatic nitrogens is 3. The Morgan fingerprint density at radius 1 is 1.35 bits per heavy atom. The van der Waals surface area contributed by atoms with Crippen molar-refractivity contribution in [3.05, 3.63) is 53.6 Å². The number of aryl methyl sites for hydroxylation is 1. The van der Waals surface area contributed by atoms with Crippen molar-refractivity contribution in [2.45, 2.75) is 13.5 Å². The van der Waals surface area contributed by atoms with E-state index in [1.165, 1.54) is 19.2 Å². The molecular weight excluding hydrogens is 305 g/mol. The minimum absolute atomic E-state index is 0. The molecule has 0 aliphatic rings. The molecule has 0 fully saturated rings. The third-order valence-electron chi connectivity index (χ3n) is 3.59. The Morgan fingerprint density at radius 3 is 2.83 bits per heavy atom. The molecule has 0 radical (unpaired) electrons. The van der Waals surface area contributed by atoms with Gasteiger partial charge in [-0.1, -0.05) is 12.1 Å². The van der Waals surface area contributed by atoms with Crippen LogP contribution in [-0.4, -0.2) is 27.6 Å². The third kappa shape index (κ3) is 3.39. The summed E-state index contributed by atoms with van der Waals surface area (Å²) in [7, 11) is 1.51. The van der Waals surface area contributed by atoms with E-state index in [4.69, 9.17) is 4.74 Å². The van der Waals surface area contributed by atoms with Crippen LogP contribution in [0.2, 0.25) is 0 Å². The van der Waals surface area contributed by atoms with E-state index in [1.54, 1.807) is 18.5 Å². The van der Waals surface area contributed by atoms with Crippen LogP contribution in [0.3, 0.4) is 0 Å². The molecule has 23 heavy (non-hydrogen) atoms. The van der Waals surface area contributed by atoms with Crippen LogP contribution in [-0.2, 0) is 6.54 Å². The second kappa shape index (κ2) is 7.12. The summed E-state index contributed by atoms with van der Waals surface area (Å²) in [6, 6.07) is 6.62. The number of hydrogen-bond donors (Lipinski definition) is 0. The van der Waals surface area contributed by atoms with Gasteiger partial charge in [-0.05, 0) is 19.1 Å². The van der Waals surface area contributed by atoms with Crippen LogP contribution >= 0.6 is 0 Å². The van der Waals surface area contributed by atoms with Crippen molar-refractivity contribution < 1.29 is 44.2 Å². The summed E-state index contributed by atoms with van der Waals surface area (Å²) in [5, 5.41) is 10.9. The molecule has 0 unspecified atom stereocenters. The molecule has 3 aromatic rings. The molecule has 2 aromatic heterocycles. The molecular formula is C16H14N3NaO3. The van der Waals surface area contributed by atoms with Gasteiger partial charge in [0.25, 0.3) is 0 Å². The number of carbonyl (C=O) groups excluding carboxylic acids is 1. The van der Waals surface area contributed by atoms with Crippen molar-refractivity contribution in [3.8, 4) is 5.75 Å². The van der Waals surface area contributed by atoms with Gasteiger partial charge in [0.1, 0.15) is 17.1 Å². The molecule has 0 saturated carbocycles. The van der Waals surface area contributed by atoms with Gasteiger partial charge >= 0.3 is 29.6 Å². The van der Waals surface area contributed by atoms with Gasteiger partial charge in [-0.15, -0.1) is 0 Å². The number of imidazole rings is 1. The number of nitrogens with zero attached hydrogens (tertiary/aromatic N) is 3. The molecule has 3 rings (SSSR count). The van der Waals surface area contributed by atoms with Crippen molar-refractivity contribution >= 4 is 17.0 Å². The molecule has 7 heteroatoms. The molecule has 0 aliphatic carbocycles. The maximum absolute atomic E-state index is 10.9. The predicted octanol–water partition coefficient (Wildman–Crippen LogP) is -1.84. The first-order valence-electron chi connectivity index (χ1n) is 6.75. The van der Waals surface area contributed by atoms with E-state index in [-0.39, 0.29) is 35.1 Å². The fraction of sp³-hybridized carbons (Fsp3) is 0.188. The SMILES string of the molecule is COc1cc(C(=O)[O-])ccc1Cn1c(C)nc2cnccc21.[Na+]. The number of pyridine rings is 1. The average molecular weight is 319 g/mol. The first-order chi connectivity index (χ1) is 10.6. The molecule has 112 valence electrons. The van der Waals surface area contributed by atoms with E-state index in [1.807, 2.05) is 17.6 Å². The second-order valence-electron chi connectivity index (χ2n) is 4.92. The summed E-state index contributed by atoms with van der Waals surface area (Å²) >= 11 is 0. The van der Waals surface area contributed by atoms with Gasteiger partial charge in [0.05, 0.1) is 31.3 Å². The Bertz CT molecular complexity index is 861. The van der Waals surface area contributed by atoms with Crippen LogP contribution in [0, 0.1) is 6.92 Å². The number of carbonyl (C=O) groups is 1. The summed E-state index contributed by atoms with van der Waals surface area (Å²) in [5.41, 5.74) is 2.76. The van der Waals surface area contributed by atoms with E-state index in [9.17, 15) is 9.90 Å². The van der Waals surface area contributed by atoms with Crippen LogP contribution in [0.1, 0.15) is 21.7 Å². The van der Waals surface area contributed by atoms with Gasteiger partial charge in [0, 0.05) is 17.3 Å². The van der Waals surface area contributed by atoms with Crippen LogP contribution < -0.4 is 39.4 Å². The zero-order chi connectivity index (χ0) is 15.7. The largest absolute Gasteiger partial charge is 1.00 e. The Morgan fingerprint density at radius 2 is 2.13 bits per heavy atom. The van der Waals surface area contributed by atoms with Gasteiger partial charge in [-0.25, -0.2) is 4.98 Å². The molecule has 0 spiro atoms.